The van der Waals surface area contributed by atoms with E-state index in [0.717, 1.165) is 11.1 Å². The number of benzene rings is 2. The second kappa shape index (κ2) is 13.5. The van der Waals surface area contributed by atoms with Gasteiger partial charge in [0.2, 0.25) is 5.91 Å². The van der Waals surface area contributed by atoms with E-state index in [1.54, 1.807) is 24.3 Å². The number of carbonyl (C=O) groups excluding carboxylic acids is 3. The quantitative estimate of drug-likeness (QED) is 0.242. The van der Waals surface area contributed by atoms with Crippen molar-refractivity contribution < 1.29 is 24.4 Å². The van der Waals surface area contributed by atoms with Crippen LogP contribution < -0.4 is 16.0 Å². The van der Waals surface area contributed by atoms with Crippen LogP contribution in [0.2, 0.25) is 0 Å². The largest absolute Gasteiger partial charge is 0.475 e. The second-order valence-electron chi connectivity index (χ2n) is 9.42. The molecule has 0 spiro atoms. The van der Waals surface area contributed by atoms with Crippen LogP contribution >= 0.6 is 0 Å². The molecule has 11 heteroatoms. The molecule has 0 fully saturated rings. The van der Waals surface area contributed by atoms with E-state index in [1.165, 1.54) is 12.4 Å². The molecule has 38 heavy (non-hydrogen) atoms. The third-order valence-corrected chi connectivity index (χ3v) is 5.75. The highest BCUT2D eigenvalue weighted by atomic mass is 16.4. The standard InChI is InChI=1S/C27H32BN5O5/c1-17(2)13-24(28(37)38)33-27(36)23(16-30-25(34)20-11-9-18(3)10-12-20)32-26(35)22-15-29-14-21(31-22)19-7-5-4-6-8-19/h4-12,14-15,17,23-24,37-38H,13,16H2,1-3H3,(H,30,34)(H,32,35)(H,33,36)/t23-,24-/m0/s1. The molecule has 0 saturated heterocycles. The molecule has 0 unspecified atom stereocenters. The first-order chi connectivity index (χ1) is 18.1. The van der Waals surface area contributed by atoms with Crippen molar-refractivity contribution in [3.63, 3.8) is 0 Å². The van der Waals surface area contributed by atoms with Crippen LogP contribution in [0.25, 0.3) is 11.3 Å². The van der Waals surface area contributed by atoms with Crippen LogP contribution in [0.3, 0.4) is 0 Å². The van der Waals surface area contributed by atoms with Gasteiger partial charge < -0.3 is 26.0 Å². The summed E-state index contributed by atoms with van der Waals surface area (Å²) in [5.74, 6) is -2.69. The zero-order chi connectivity index (χ0) is 27.7. The summed E-state index contributed by atoms with van der Waals surface area (Å²) >= 11 is 0. The summed E-state index contributed by atoms with van der Waals surface area (Å²) in [6.45, 7) is 5.41. The smallest absolute Gasteiger partial charge is 0.426 e. The molecule has 1 aromatic heterocycles. The van der Waals surface area contributed by atoms with Crippen LogP contribution in [0, 0.1) is 12.8 Å². The highest BCUT2D eigenvalue weighted by Crippen LogP contribution is 2.15. The zero-order valence-electron chi connectivity index (χ0n) is 21.6. The Morgan fingerprint density at radius 1 is 0.921 bits per heavy atom. The summed E-state index contributed by atoms with van der Waals surface area (Å²) in [6, 6.07) is 14.9. The van der Waals surface area contributed by atoms with Crippen LogP contribution in [-0.4, -0.2) is 63.4 Å². The predicted octanol–water partition coefficient (Wildman–Crippen LogP) is 1.52. The molecule has 1 heterocycles. The average molecular weight is 517 g/mol. The van der Waals surface area contributed by atoms with Crippen molar-refractivity contribution in [1.29, 1.82) is 0 Å². The number of rotatable bonds is 11. The number of hydrogen-bond donors (Lipinski definition) is 5. The Morgan fingerprint density at radius 3 is 2.24 bits per heavy atom. The lowest BCUT2D eigenvalue weighted by Gasteiger charge is -2.24. The van der Waals surface area contributed by atoms with E-state index in [2.05, 4.69) is 25.9 Å². The Labute approximate surface area is 222 Å². The molecule has 0 aliphatic carbocycles. The van der Waals surface area contributed by atoms with Gasteiger partial charge >= 0.3 is 7.12 Å². The van der Waals surface area contributed by atoms with Crippen molar-refractivity contribution >= 4 is 24.8 Å². The summed E-state index contributed by atoms with van der Waals surface area (Å²) in [5.41, 5.74) is 2.61. The maximum absolute atomic E-state index is 13.2. The maximum Gasteiger partial charge on any atom is 0.475 e. The number of nitrogens with zero attached hydrogens (tertiary/aromatic N) is 2. The van der Waals surface area contributed by atoms with Gasteiger partial charge in [-0.1, -0.05) is 61.9 Å². The van der Waals surface area contributed by atoms with Gasteiger partial charge in [0.05, 0.1) is 24.0 Å². The van der Waals surface area contributed by atoms with Gasteiger partial charge in [-0.05, 0) is 31.4 Å². The lowest BCUT2D eigenvalue weighted by Crippen LogP contribution is -2.57. The van der Waals surface area contributed by atoms with E-state index in [0.29, 0.717) is 17.7 Å². The van der Waals surface area contributed by atoms with Gasteiger partial charge in [-0.2, -0.15) is 0 Å². The van der Waals surface area contributed by atoms with Gasteiger partial charge in [0, 0.05) is 17.7 Å². The van der Waals surface area contributed by atoms with Gasteiger partial charge in [-0.15, -0.1) is 0 Å². The third kappa shape index (κ3) is 8.22. The molecule has 3 rings (SSSR count). The van der Waals surface area contributed by atoms with Crippen molar-refractivity contribution in [2.75, 3.05) is 6.54 Å². The highest BCUT2D eigenvalue weighted by Gasteiger charge is 2.30. The van der Waals surface area contributed by atoms with E-state index in [1.807, 2.05) is 51.1 Å². The Hall–Kier alpha value is -4.09. The van der Waals surface area contributed by atoms with Crippen LogP contribution in [0.15, 0.2) is 67.0 Å². The molecule has 10 nitrogen and oxygen atoms in total. The molecule has 0 radical (unpaired) electrons. The molecule has 0 aliphatic rings. The Balaban J connectivity index is 1.79. The van der Waals surface area contributed by atoms with Gasteiger partial charge in [0.15, 0.2) is 0 Å². The normalized spacial score (nSPS) is 12.4. The first-order valence-corrected chi connectivity index (χ1v) is 12.3. The molecule has 0 bridgehead atoms. The van der Waals surface area contributed by atoms with Crippen molar-refractivity contribution in [1.82, 2.24) is 25.9 Å². The molecular formula is C27H32BN5O5. The number of nitrogens with one attached hydrogen (secondary N) is 3. The van der Waals surface area contributed by atoms with E-state index >= 15 is 0 Å². The van der Waals surface area contributed by atoms with E-state index in [4.69, 9.17) is 0 Å². The monoisotopic (exact) mass is 517 g/mol. The summed E-state index contributed by atoms with van der Waals surface area (Å²) in [5, 5.41) is 27.3. The molecular weight excluding hydrogens is 485 g/mol. The number of aromatic nitrogens is 2. The van der Waals surface area contributed by atoms with Crippen molar-refractivity contribution in [2.45, 2.75) is 39.2 Å². The lowest BCUT2D eigenvalue weighted by atomic mass is 9.75. The highest BCUT2D eigenvalue weighted by molar-refractivity contribution is 6.43. The fourth-order valence-corrected chi connectivity index (χ4v) is 3.71. The maximum atomic E-state index is 13.2. The fourth-order valence-electron chi connectivity index (χ4n) is 3.71. The van der Waals surface area contributed by atoms with Crippen LogP contribution in [0.5, 0.6) is 0 Å². The number of aryl methyl sites for hydroxylation is 1. The van der Waals surface area contributed by atoms with Gasteiger partial charge in [-0.3, -0.25) is 19.4 Å². The van der Waals surface area contributed by atoms with Crippen LogP contribution in [0.1, 0.15) is 46.7 Å². The van der Waals surface area contributed by atoms with Crippen LogP contribution in [-0.2, 0) is 4.79 Å². The first-order valence-electron chi connectivity index (χ1n) is 12.3. The Morgan fingerprint density at radius 2 is 1.61 bits per heavy atom. The minimum atomic E-state index is -1.80. The molecule has 0 saturated carbocycles. The van der Waals surface area contributed by atoms with Crippen LogP contribution in [0.4, 0.5) is 0 Å². The van der Waals surface area contributed by atoms with Crippen molar-refractivity contribution in [3.8, 4) is 11.3 Å². The van der Waals surface area contributed by atoms with E-state index in [-0.39, 0.29) is 18.2 Å². The third-order valence-electron chi connectivity index (χ3n) is 5.75. The molecule has 3 amide bonds. The topological polar surface area (TPSA) is 154 Å². The van der Waals surface area contributed by atoms with E-state index in [9.17, 15) is 24.4 Å². The predicted molar refractivity (Wildman–Crippen MR) is 144 cm³/mol. The van der Waals surface area contributed by atoms with Crippen molar-refractivity contribution in [2.24, 2.45) is 5.92 Å². The Kier molecular flexibility index (Phi) is 10.1. The van der Waals surface area contributed by atoms with Crippen molar-refractivity contribution in [3.05, 3.63) is 83.8 Å². The van der Waals surface area contributed by atoms with Gasteiger partial charge in [0.25, 0.3) is 11.8 Å². The number of amides is 3. The fraction of sp³-hybridized carbons (Fsp3) is 0.296. The SMILES string of the molecule is Cc1ccc(C(=O)NC[C@H](NC(=O)c2cncc(-c3ccccc3)n2)C(=O)N[C@@H](CC(C)C)B(O)O)cc1. The summed E-state index contributed by atoms with van der Waals surface area (Å²) in [7, 11) is -1.80. The minimum Gasteiger partial charge on any atom is -0.426 e. The molecule has 5 N–H and O–H groups in total. The van der Waals surface area contributed by atoms with Gasteiger partial charge in [0.1, 0.15) is 11.7 Å². The number of hydrogen-bond acceptors (Lipinski definition) is 7. The zero-order valence-corrected chi connectivity index (χ0v) is 21.6. The molecule has 0 aliphatic heterocycles. The molecule has 198 valence electrons. The minimum absolute atomic E-state index is 0.0186. The average Bonchev–Trinajstić information content (AvgIpc) is 2.91. The molecule has 2 aromatic carbocycles. The van der Waals surface area contributed by atoms with E-state index < -0.39 is 36.8 Å². The number of carbonyl (C=O) groups is 3. The second-order valence-corrected chi connectivity index (χ2v) is 9.42. The summed E-state index contributed by atoms with van der Waals surface area (Å²) in [4.78, 5) is 47.4. The summed E-state index contributed by atoms with van der Waals surface area (Å²) < 4.78 is 0. The lowest BCUT2D eigenvalue weighted by molar-refractivity contribution is -0.123. The summed E-state index contributed by atoms with van der Waals surface area (Å²) in [6.07, 6.45) is 3.10. The first kappa shape index (κ1) is 28.5. The molecule has 2 atom stereocenters. The van der Waals surface area contributed by atoms with Gasteiger partial charge in [-0.25, -0.2) is 4.98 Å². The Bertz CT molecular complexity index is 1240. The molecule has 3 aromatic rings.